The van der Waals surface area contributed by atoms with Crippen LogP contribution in [-0.2, 0) is 6.42 Å². The maximum atomic E-state index is 12.8. The van der Waals surface area contributed by atoms with E-state index < -0.39 is 0 Å². The lowest BCUT2D eigenvalue weighted by Gasteiger charge is -2.08. The van der Waals surface area contributed by atoms with Crippen LogP contribution in [-0.4, -0.2) is 24.3 Å². The van der Waals surface area contributed by atoms with E-state index in [0.29, 0.717) is 6.54 Å². The molecule has 2 N–H and O–H groups in total. The van der Waals surface area contributed by atoms with Crippen LogP contribution in [0.5, 0.6) is 0 Å². The molecule has 0 amide bonds. The van der Waals surface area contributed by atoms with Crippen molar-refractivity contribution in [3.63, 3.8) is 0 Å². The SMILES string of the molecule is Cc1cc(F)ccc1CCNC[C@@H](C)O. The molecule has 0 aromatic heterocycles. The van der Waals surface area contributed by atoms with Gasteiger partial charge < -0.3 is 10.4 Å². The van der Waals surface area contributed by atoms with Crippen LogP contribution in [0.2, 0.25) is 0 Å². The number of benzene rings is 1. The van der Waals surface area contributed by atoms with E-state index in [9.17, 15) is 4.39 Å². The molecule has 0 aliphatic carbocycles. The van der Waals surface area contributed by atoms with Gasteiger partial charge >= 0.3 is 0 Å². The molecule has 0 unspecified atom stereocenters. The quantitative estimate of drug-likeness (QED) is 0.726. The van der Waals surface area contributed by atoms with Gasteiger partial charge in [-0.2, -0.15) is 0 Å². The molecule has 2 nitrogen and oxygen atoms in total. The monoisotopic (exact) mass is 211 g/mol. The van der Waals surface area contributed by atoms with E-state index in [-0.39, 0.29) is 11.9 Å². The molecule has 0 saturated carbocycles. The van der Waals surface area contributed by atoms with Crippen molar-refractivity contribution in [2.45, 2.75) is 26.4 Å². The minimum absolute atomic E-state index is 0.187. The van der Waals surface area contributed by atoms with E-state index >= 15 is 0 Å². The van der Waals surface area contributed by atoms with Crippen LogP contribution >= 0.6 is 0 Å². The van der Waals surface area contributed by atoms with Gasteiger partial charge in [-0.15, -0.1) is 0 Å². The molecule has 0 radical (unpaired) electrons. The van der Waals surface area contributed by atoms with Crippen LogP contribution in [0.3, 0.4) is 0 Å². The molecule has 0 heterocycles. The maximum Gasteiger partial charge on any atom is 0.123 e. The first-order chi connectivity index (χ1) is 7.09. The van der Waals surface area contributed by atoms with Gasteiger partial charge in [0.1, 0.15) is 5.82 Å². The van der Waals surface area contributed by atoms with Crippen LogP contribution in [0.4, 0.5) is 4.39 Å². The zero-order valence-electron chi connectivity index (χ0n) is 9.26. The molecule has 1 rings (SSSR count). The number of hydrogen-bond acceptors (Lipinski definition) is 2. The molecule has 0 bridgehead atoms. The van der Waals surface area contributed by atoms with Gasteiger partial charge in [0.15, 0.2) is 0 Å². The second-order valence-electron chi connectivity index (χ2n) is 3.87. The number of halogens is 1. The predicted octanol–water partition coefficient (Wildman–Crippen LogP) is 1.65. The zero-order valence-corrected chi connectivity index (χ0v) is 9.26. The van der Waals surface area contributed by atoms with E-state index in [2.05, 4.69) is 5.32 Å². The van der Waals surface area contributed by atoms with E-state index in [1.165, 1.54) is 6.07 Å². The third kappa shape index (κ3) is 4.40. The zero-order chi connectivity index (χ0) is 11.3. The van der Waals surface area contributed by atoms with Crippen molar-refractivity contribution in [1.29, 1.82) is 0 Å². The molecular formula is C12H18FNO. The summed E-state index contributed by atoms with van der Waals surface area (Å²) in [4.78, 5) is 0. The lowest BCUT2D eigenvalue weighted by molar-refractivity contribution is 0.191. The van der Waals surface area contributed by atoms with Gasteiger partial charge in [0, 0.05) is 6.54 Å². The third-order valence-corrected chi connectivity index (χ3v) is 2.32. The van der Waals surface area contributed by atoms with E-state index in [0.717, 1.165) is 24.1 Å². The molecule has 1 aromatic carbocycles. The van der Waals surface area contributed by atoms with Gasteiger partial charge in [-0.25, -0.2) is 4.39 Å². The van der Waals surface area contributed by atoms with Gasteiger partial charge in [0.2, 0.25) is 0 Å². The van der Waals surface area contributed by atoms with Crippen molar-refractivity contribution in [3.05, 3.63) is 35.1 Å². The number of nitrogens with one attached hydrogen (secondary N) is 1. The Hall–Kier alpha value is -0.930. The fraction of sp³-hybridized carbons (Fsp3) is 0.500. The van der Waals surface area contributed by atoms with Crippen LogP contribution in [0.25, 0.3) is 0 Å². The lowest BCUT2D eigenvalue weighted by atomic mass is 10.1. The predicted molar refractivity (Wildman–Crippen MR) is 59.4 cm³/mol. The average molecular weight is 211 g/mol. The van der Waals surface area contributed by atoms with E-state index in [1.807, 2.05) is 13.0 Å². The highest BCUT2D eigenvalue weighted by Gasteiger charge is 2.00. The highest BCUT2D eigenvalue weighted by atomic mass is 19.1. The van der Waals surface area contributed by atoms with Gasteiger partial charge in [0.25, 0.3) is 0 Å². The van der Waals surface area contributed by atoms with Crippen molar-refractivity contribution in [2.75, 3.05) is 13.1 Å². The summed E-state index contributed by atoms with van der Waals surface area (Å²) in [5.74, 6) is -0.187. The Morgan fingerprint density at radius 2 is 2.20 bits per heavy atom. The van der Waals surface area contributed by atoms with Crippen LogP contribution in [0.15, 0.2) is 18.2 Å². The summed E-state index contributed by atoms with van der Waals surface area (Å²) in [6.45, 7) is 5.06. The fourth-order valence-electron chi connectivity index (χ4n) is 1.47. The molecule has 0 aliphatic heterocycles. The fourth-order valence-corrected chi connectivity index (χ4v) is 1.47. The van der Waals surface area contributed by atoms with Gasteiger partial charge in [-0.3, -0.25) is 0 Å². The topological polar surface area (TPSA) is 32.3 Å². The number of aryl methyl sites for hydroxylation is 1. The summed E-state index contributed by atoms with van der Waals surface area (Å²) in [5, 5.41) is 12.2. The maximum absolute atomic E-state index is 12.8. The number of hydrogen-bond donors (Lipinski definition) is 2. The standard InChI is InChI=1S/C12H18FNO/c1-9-7-12(13)4-3-11(9)5-6-14-8-10(2)15/h3-4,7,10,14-15H,5-6,8H2,1-2H3/t10-/m1/s1. The van der Waals surface area contributed by atoms with Crippen LogP contribution < -0.4 is 5.32 Å². The molecule has 1 aromatic rings. The first-order valence-corrected chi connectivity index (χ1v) is 5.23. The Labute approximate surface area is 90.1 Å². The number of aliphatic hydroxyl groups excluding tert-OH is 1. The minimum Gasteiger partial charge on any atom is -0.392 e. The Kier molecular flexibility index (Phi) is 4.72. The van der Waals surface area contributed by atoms with Gasteiger partial charge in [-0.1, -0.05) is 6.07 Å². The van der Waals surface area contributed by atoms with Crippen molar-refractivity contribution >= 4 is 0 Å². The highest BCUT2D eigenvalue weighted by Crippen LogP contribution is 2.10. The molecule has 3 heteroatoms. The van der Waals surface area contributed by atoms with E-state index in [4.69, 9.17) is 5.11 Å². The van der Waals surface area contributed by atoms with E-state index in [1.54, 1.807) is 13.0 Å². The Balaban J connectivity index is 2.37. The second kappa shape index (κ2) is 5.83. The number of rotatable bonds is 5. The normalized spacial score (nSPS) is 12.8. The number of aliphatic hydroxyl groups is 1. The second-order valence-corrected chi connectivity index (χ2v) is 3.87. The Morgan fingerprint density at radius 1 is 1.47 bits per heavy atom. The summed E-state index contributed by atoms with van der Waals surface area (Å²) >= 11 is 0. The summed E-state index contributed by atoms with van der Waals surface area (Å²) in [7, 11) is 0. The molecule has 0 fully saturated rings. The summed E-state index contributed by atoms with van der Waals surface area (Å²) in [6.07, 6.45) is 0.540. The highest BCUT2D eigenvalue weighted by molar-refractivity contribution is 5.26. The molecule has 84 valence electrons. The largest absolute Gasteiger partial charge is 0.392 e. The van der Waals surface area contributed by atoms with Gasteiger partial charge in [0.05, 0.1) is 6.10 Å². The molecule has 0 spiro atoms. The van der Waals surface area contributed by atoms with Gasteiger partial charge in [-0.05, 0) is 50.1 Å². The first kappa shape index (κ1) is 12.1. The van der Waals surface area contributed by atoms with Crippen molar-refractivity contribution < 1.29 is 9.50 Å². The average Bonchev–Trinajstić information content (AvgIpc) is 2.14. The van der Waals surface area contributed by atoms with Crippen LogP contribution in [0, 0.1) is 12.7 Å². The Bertz CT molecular complexity index is 312. The Morgan fingerprint density at radius 3 is 2.80 bits per heavy atom. The third-order valence-electron chi connectivity index (χ3n) is 2.32. The minimum atomic E-state index is -0.320. The molecular weight excluding hydrogens is 193 g/mol. The summed E-state index contributed by atoms with van der Waals surface area (Å²) in [6, 6.07) is 4.84. The van der Waals surface area contributed by atoms with Crippen LogP contribution in [0.1, 0.15) is 18.1 Å². The smallest absolute Gasteiger partial charge is 0.123 e. The van der Waals surface area contributed by atoms with Crippen molar-refractivity contribution in [1.82, 2.24) is 5.32 Å². The molecule has 0 saturated heterocycles. The summed E-state index contributed by atoms with van der Waals surface area (Å²) < 4.78 is 12.8. The lowest BCUT2D eigenvalue weighted by Crippen LogP contribution is -2.26. The summed E-state index contributed by atoms with van der Waals surface area (Å²) in [5.41, 5.74) is 2.13. The van der Waals surface area contributed by atoms with Crippen molar-refractivity contribution in [2.24, 2.45) is 0 Å². The van der Waals surface area contributed by atoms with Crippen molar-refractivity contribution in [3.8, 4) is 0 Å². The molecule has 0 aliphatic rings. The molecule has 1 atom stereocenters. The first-order valence-electron chi connectivity index (χ1n) is 5.23. The molecule has 15 heavy (non-hydrogen) atoms.